The molecule has 18 heavy (non-hydrogen) atoms. The van der Waals surface area contributed by atoms with Gasteiger partial charge >= 0.3 is 5.97 Å². The van der Waals surface area contributed by atoms with Crippen LogP contribution < -0.4 is 0 Å². The zero-order valence-corrected chi connectivity index (χ0v) is 11.5. The number of nitriles is 1. The van der Waals surface area contributed by atoms with Crippen LogP contribution in [0.1, 0.15) is 37.0 Å². The van der Waals surface area contributed by atoms with Gasteiger partial charge in [0.05, 0.1) is 17.0 Å². The van der Waals surface area contributed by atoms with Gasteiger partial charge < -0.3 is 5.11 Å². The average molecular weight is 263 g/mol. The molecule has 1 aromatic rings. The van der Waals surface area contributed by atoms with Gasteiger partial charge in [-0.25, -0.2) is 4.79 Å². The van der Waals surface area contributed by atoms with E-state index >= 15 is 0 Å². The van der Waals surface area contributed by atoms with E-state index < -0.39 is 5.97 Å². The fourth-order valence-electron chi connectivity index (χ4n) is 1.48. The predicted molar refractivity (Wildman–Crippen MR) is 72.8 cm³/mol. The van der Waals surface area contributed by atoms with Crippen LogP contribution in [-0.4, -0.2) is 16.8 Å². The molecule has 1 N–H and O–H groups in total. The van der Waals surface area contributed by atoms with E-state index in [4.69, 9.17) is 10.4 Å². The Morgan fingerprint density at radius 1 is 1.50 bits per heavy atom. The van der Waals surface area contributed by atoms with E-state index in [1.54, 1.807) is 30.0 Å². The molecule has 0 aliphatic carbocycles. The molecule has 0 spiro atoms. The van der Waals surface area contributed by atoms with E-state index in [0.29, 0.717) is 5.56 Å². The molecule has 0 heterocycles. The summed E-state index contributed by atoms with van der Waals surface area (Å²) in [6.07, 6.45) is 1.80. The molecular weight excluding hydrogens is 246 g/mol. The standard InChI is InChI=1S/C14H17NO2S/c1-14(2,10-15)7-4-8-18-12-6-3-5-11(9-12)13(16)17/h3,5-6,9H,4,7-8H2,1-2H3,(H,16,17). The second-order valence-corrected chi connectivity index (χ2v) is 5.95. The first kappa shape index (κ1) is 14.6. The van der Waals surface area contributed by atoms with Crippen LogP contribution in [0.15, 0.2) is 29.2 Å². The summed E-state index contributed by atoms with van der Waals surface area (Å²) < 4.78 is 0. The van der Waals surface area contributed by atoms with Crippen LogP contribution in [0.5, 0.6) is 0 Å². The van der Waals surface area contributed by atoms with Crippen molar-refractivity contribution in [3.8, 4) is 6.07 Å². The van der Waals surface area contributed by atoms with Gasteiger partial charge in [0.15, 0.2) is 0 Å². The van der Waals surface area contributed by atoms with Crippen molar-refractivity contribution in [2.24, 2.45) is 5.41 Å². The van der Waals surface area contributed by atoms with Crippen molar-refractivity contribution < 1.29 is 9.90 Å². The van der Waals surface area contributed by atoms with Crippen molar-refractivity contribution in [3.05, 3.63) is 29.8 Å². The molecule has 0 radical (unpaired) electrons. The SMILES string of the molecule is CC(C)(C#N)CCCSc1cccc(C(=O)O)c1. The normalized spacial score (nSPS) is 10.9. The Morgan fingerprint density at radius 3 is 2.83 bits per heavy atom. The molecular formula is C14H17NO2S. The first-order chi connectivity index (χ1) is 8.44. The molecule has 1 aromatic carbocycles. The summed E-state index contributed by atoms with van der Waals surface area (Å²) in [5, 5.41) is 17.8. The Morgan fingerprint density at radius 2 is 2.22 bits per heavy atom. The van der Waals surface area contributed by atoms with E-state index in [9.17, 15) is 4.79 Å². The Labute approximate surface area is 112 Å². The first-order valence-electron chi connectivity index (χ1n) is 5.82. The second-order valence-electron chi connectivity index (χ2n) is 4.78. The lowest BCUT2D eigenvalue weighted by molar-refractivity contribution is 0.0696. The molecule has 3 nitrogen and oxygen atoms in total. The average Bonchev–Trinajstić information content (AvgIpc) is 2.35. The van der Waals surface area contributed by atoms with Gasteiger partial charge in [0.1, 0.15) is 0 Å². The highest BCUT2D eigenvalue weighted by Gasteiger charge is 2.15. The van der Waals surface area contributed by atoms with Crippen molar-refractivity contribution in [3.63, 3.8) is 0 Å². The molecule has 0 amide bonds. The summed E-state index contributed by atoms with van der Waals surface area (Å²) in [5.41, 5.74) is 0.0427. The monoisotopic (exact) mass is 263 g/mol. The maximum atomic E-state index is 10.8. The minimum absolute atomic E-state index is 0.274. The summed E-state index contributed by atoms with van der Waals surface area (Å²) >= 11 is 1.63. The lowest BCUT2D eigenvalue weighted by atomic mass is 9.90. The number of nitrogens with zero attached hydrogens (tertiary/aromatic N) is 1. The second kappa shape index (κ2) is 6.46. The Hall–Kier alpha value is -1.47. The molecule has 0 bridgehead atoms. The fourth-order valence-corrected chi connectivity index (χ4v) is 2.39. The number of carbonyl (C=O) groups is 1. The number of rotatable bonds is 6. The molecule has 1 rings (SSSR count). The Bertz CT molecular complexity index is 463. The van der Waals surface area contributed by atoms with E-state index in [1.807, 2.05) is 19.9 Å². The van der Waals surface area contributed by atoms with Crippen LogP contribution in [0, 0.1) is 16.7 Å². The molecule has 96 valence electrons. The lowest BCUT2D eigenvalue weighted by Gasteiger charge is -2.14. The molecule has 0 atom stereocenters. The minimum Gasteiger partial charge on any atom is -0.478 e. The van der Waals surface area contributed by atoms with E-state index in [0.717, 1.165) is 23.5 Å². The van der Waals surface area contributed by atoms with Gasteiger partial charge in [-0.3, -0.25) is 0 Å². The van der Waals surface area contributed by atoms with E-state index in [-0.39, 0.29) is 5.41 Å². The van der Waals surface area contributed by atoms with Crippen LogP contribution in [0.3, 0.4) is 0 Å². The Kier molecular flexibility index (Phi) is 5.24. The summed E-state index contributed by atoms with van der Waals surface area (Å²) in [5.74, 6) is -0.00293. The number of carboxylic acid groups (broad SMARTS) is 1. The maximum absolute atomic E-state index is 10.8. The highest BCUT2D eigenvalue weighted by molar-refractivity contribution is 7.99. The highest BCUT2D eigenvalue weighted by atomic mass is 32.2. The van der Waals surface area contributed by atoms with Gasteiger partial charge in [-0.2, -0.15) is 5.26 Å². The fraction of sp³-hybridized carbons (Fsp3) is 0.429. The zero-order chi connectivity index (χ0) is 13.6. The molecule has 0 unspecified atom stereocenters. The number of hydrogen-bond donors (Lipinski definition) is 1. The zero-order valence-electron chi connectivity index (χ0n) is 10.6. The van der Waals surface area contributed by atoms with Crippen LogP contribution in [0.25, 0.3) is 0 Å². The number of thioether (sulfide) groups is 1. The molecule has 0 aliphatic rings. The Balaban J connectivity index is 2.43. The van der Waals surface area contributed by atoms with Crippen LogP contribution in [0.4, 0.5) is 0 Å². The van der Waals surface area contributed by atoms with Crippen LogP contribution in [0.2, 0.25) is 0 Å². The predicted octanol–water partition coefficient (Wildman–Crippen LogP) is 3.81. The summed E-state index contributed by atoms with van der Waals surface area (Å²) in [6, 6.07) is 9.21. The molecule has 4 heteroatoms. The maximum Gasteiger partial charge on any atom is 0.335 e. The number of carboxylic acids is 1. The van der Waals surface area contributed by atoms with Crippen molar-refractivity contribution in [1.29, 1.82) is 5.26 Å². The van der Waals surface area contributed by atoms with Gasteiger partial charge in [0.2, 0.25) is 0 Å². The van der Waals surface area contributed by atoms with Crippen molar-refractivity contribution >= 4 is 17.7 Å². The summed E-state index contributed by atoms with van der Waals surface area (Å²) in [7, 11) is 0. The number of aromatic carboxylic acids is 1. The largest absolute Gasteiger partial charge is 0.478 e. The topological polar surface area (TPSA) is 61.1 Å². The summed E-state index contributed by atoms with van der Waals surface area (Å²) in [6.45, 7) is 3.87. The van der Waals surface area contributed by atoms with Crippen LogP contribution >= 0.6 is 11.8 Å². The van der Waals surface area contributed by atoms with E-state index in [2.05, 4.69) is 6.07 Å². The van der Waals surface area contributed by atoms with Gasteiger partial charge in [-0.15, -0.1) is 11.8 Å². The van der Waals surface area contributed by atoms with E-state index in [1.165, 1.54) is 0 Å². The van der Waals surface area contributed by atoms with Gasteiger partial charge in [0.25, 0.3) is 0 Å². The van der Waals surface area contributed by atoms with Crippen molar-refractivity contribution in [1.82, 2.24) is 0 Å². The van der Waals surface area contributed by atoms with Gasteiger partial charge in [0, 0.05) is 4.90 Å². The molecule has 0 aliphatic heterocycles. The van der Waals surface area contributed by atoms with Gasteiger partial charge in [-0.1, -0.05) is 6.07 Å². The number of benzene rings is 1. The van der Waals surface area contributed by atoms with Crippen molar-refractivity contribution in [2.75, 3.05) is 5.75 Å². The lowest BCUT2D eigenvalue weighted by Crippen LogP contribution is -2.07. The minimum atomic E-state index is -0.900. The van der Waals surface area contributed by atoms with Crippen LogP contribution in [-0.2, 0) is 0 Å². The molecule has 0 saturated carbocycles. The van der Waals surface area contributed by atoms with Gasteiger partial charge in [-0.05, 0) is 50.6 Å². The quantitative estimate of drug-likeness (QED) is 0.626. The molecule has 0 aromatic heterocycles. The highest BCUT2D eigenvalue weighted by Crippen LogP contribution is 2.25. The summed E-state index contributed by atoms with van der Waals surface area (Å²) in [4.78, 5) is 11.8. The number of hydrogen-bond acceptors (Lipinski definition) is 3. The third-order valence-corrected chi connectivity index (χ3v) is 3.68. The molecule has 0 fully saturated rings. The molecule has 0 saturated heterocycles. The van der Waals surface area contributed by atoms with Crippen molar-refractivity contribution in [2.45, 2.75) is 31.6 Å². The third-order valence-electron chi connectivity index (χ3n) is 2.60. The third kappa shape index (κ3) is 4.80. The smallest absolute Gasteiger partial charge is 0.335 e. The first-order valence-corrected chi connectivity index (χ1v) is 6.80.